The predicted molar refractivity (Wildman–Crippen MR) is 35.0 cm³/mol. The normalized spacial score (nSPS) is 15.0. The van der Waals surface area contributed by atoms with Crippen LogP contribution in [0.3, 0.4) is 0 Å². The molecule has 0 saturated carbocycles. The summed E-state index contributed by atoms with van der Waals surface area (Å²) in [5, 5.41) is 0. The Balaban J connectivity index is 2.76. The van der Waals surface area contributed by atoms with Crippen LogP contribution in [-0.2, 0) is 0 Å². The van der Waals surface area contributed by atoms with Crippen LogP contribution in [0.4, 0.5) is 0 Å². The van der Waals surface area contributed by atoms with Crippen LogP contribution in [0, 0.1) is 0 Å². The molecule has 0 atom stereocenters. The summed E-state index contributed by atoms with van der Waals surface area (Å²) in [7, 11) is 0. The molecule has 2 rings (SSSR count). The van der Waals surface area contributed by atoms with E-state index < -0.39 is 17.4 Å². The first-order valence-electron chi connectivity index (χ1n) is 3.09. The van der Waals surface area contributed by atoms with Gasteiger partial charge >= 0.3 is 5.82 Å². The predicted octanol–water partition coefficient (Wildman–Crippen LogP) is 0.168. The zero-order valence-electron chi connectivity index (χ0n) is 5.70. The first kappa shape index (κ1) is 6.78. The lowest BCUT2D eigenvalue weighted by molar-refractivity contribution is 0.0965. The summed E-state index contributed by atoms with van der Waals surface area (Å²) in [6, 6.07) is 0. The molecule has 0 bridgehead atoms. The third-order valence-corrected chi connectivity index (χ3v) is 1.41. The number of carbonyl (C=O) groups is 2. The lowest BCUT2D eigenvalue weighted by Crippen LogP contribution is -2.07. The van der Waals surface area contributed by atoms with Crippen molar-refractivity contribution in [3.8, 4) is 0 Å². The number of allylic oxidation sites excluding steroid dienone is 2. The summed E-state index contributed by atoms with van der Waals surface area (Å²) in [5.74, 6) is -2.73. The van der Waals surface area contributed by atoms with E-state index in [9.17, 15) is 14.4 Å². The number of fused-ring (bicyclic) bond motifs is 1. The standard InChI is InChI=1S/C7H2O5/c8-3-1-2-4(9)6-5(3)11-7(10)12-6/h1-2H. The molecule has 5 heteroatoms. The molecule has 0 fully saturated rings. The van der Waals surface area contributed by atoms with E-state index in [-0.39, 0.29) is 11.5 Å². The van der Waals surface area contributed by atoms with Crippen LogP contribution in [0.1, 0.15) is 21.1 Å². The number of rotatable bonds is 0. The van der Waals surface area contributed by atoms with E-state index >= 15 is 0 Å². The van der Waals surface area contributed by atoms with Crippen LogP contribution < -0.4 is 5.82 Å². The second-order valence-corrected chi connectivity index (χ2v) is 2.17. The highest BCUT2D eigenvalue weighted by Crippen LogP contribution is 2.14. The van der Waals surface area contributed by atoms with Gasteiger partial charge in [-0.3, -0.25) is 9.59 Å². The van der Waals surface area contributed by atoms with E-state index in [1.807, 2.05) is 0 Å². The maximum Gasteiger partial charge on any atom is 0.519 e. The van der Waals surface area contributed by atoms with Crippen molar-refractivity contribution in [2.45, 2.75) is 0 Å². The van der Waals surface area contributed by atoms with E-state index in [2.05, 4.69) is 8.83 Å². The Hall–Kier alpha value is -1.91. The lowest BCUT2D eigenvalue weighted by Gasteiger charge is -1.95. The van der Waals surface area contributed by atoms with E-state index in [1.165, 1.54) is 0 Å². The summed E-state index contributed by atoms with van der Waals surface area (Å²) in [4.78, 5) is 32.3. The Labute approximate surface area is 65.3 Å². The van der Waals surface area contributed by atoms with Crippen LogP contribution in [0.5, 0.6) is 0 Å². The van der Waals surface area contributed by atoms with Crippen LogP contribution in [0.15, 0.2) is 25.8 Å². The van der Waals surface area contributed by atoms with E-state index in [1.54, 1.807) is 0 Å². The van der Waals surface area contributed by atoms with Gasteiger partial charge in [0.15, 0.2) is 0 Å². The van der Waals surface area contributed by atoms with Gasteiger partial charge in [0, 0.05) is 0 Å². The SMILES string of the molecule is O=C1C=CC(=O)c2oc(=O)oc21. The molecule has 0 unspecified atom stereocenters. The fourth-order valence-electron chi connectivity index (χ4n) is 0.907. The molecular formula is C7H2O5. The third kappa shape index (κ3) is 0.763. The second-order valence-electron chi connectivity index (χ2n) is 2.17. The molecule has 1 aromatic rings. The van der Waals surface area contributed by atoms with Crippen LogP contribution in [0.2, 0.25) is 0 Å². The molecule has 1 aliphatic rings. The Morgan fingerprint density at radius 3 is 1.67 bits per heavy atom. The zero-order valence-corrected chi connectivity index (χ0v) is 5.70. The average molecular weight is 166 g/mol. The Bertz CT molecular complexity index is 406. The highest BCUT2D eigenvalue weighted by atomic mass is 16.6. The largest absolute Gasteiger partial charge is 0.519 e. The Kier molecular flexibility index (Phi) is 1.15. The van der Waals surface area contributed by atoms with Gasteiger partial charge < -0.3 is 8.83 Å². The van der Waals surface area contributed by atoms with Crippen LogP contribution >= 0.6 is 0 Å². The molecule has 1 aliphatic carbocycles. The third-order valence-electron chi connectivity index (χ3n) is 1.41. The van der Waals surface area contributed by atoms with E-state index in [0.717, 1.165) is 12.2 Å². The second kappa shape index (κ2) is 2.04. The summed E-state index contributed by atoms with van der Waals surface area (Å²) < 4.78 is 8.69. The highest BCUT2D eigenvalue weighted by molar-refractivity contribution is 6.19. The van der Waals surface area contributed by atoms with Gasteiger partial charge in [0.2, 0.25) is 23.1 Å². The maximum atomic E-state index is 10.9. The fourth-order valence-corrected chi connectivity index (χ4v) is 0.907. The Morgan fingerprint density at radius 2 is 1.25 bits per heavy atom. The van der Waals surface area contributed by atoms with Gasteiger partial charge in [-0.2, -0.15) is 0 Å². The molecule has 5 nitrogen and oxygen atoms in total. The summed E-state index contributed by atoms with van der Waals surface area (Å²) in [5.41, 5.74) is 0. The highest BCUT2D eigenvalue weighted by Gasteiger charge is 2.26. The topological polar surface area (TPSA) is 77.5 Å². The van der Waals surface area contributed by atoms with Crippen molar-refractivity contribution >= 4 is 11.6 Å². The van der Waals surface area contributed by atoms with Gasteiger partial charge in [-0.15, -0.1) is 0 Å². The van der Waals surface area contributed by atoms with Crippen molar-refractivity contribution in [2.24, 2.45) is 0 Å². The Morgan fingerprint density at radius 1 is 0.833 bits per heavy atom. The smallest absolute Gasteiger partial charge is 0.386 e. The van der Waals surface area contributed by atoms with E-state index in [4.69, 9.17) is 0 Å². The first-order valence-corrected chi connectivity index (χ1v) is 3.09. The lowest BCUT2D eigenvalue weighted by atomic mass is 10.1. The molecule has 0 radical (unpaired) electrons. The minimum Gasteiger partial charge on any atom is -0.386 e. The summed E-state index contributed by atoms with van der Waals surface area (Å²) in [6.07, 6.45) is 2.06. The van der Waals surface area contributed by atoms with Gasteiger partial charge in [0.1, 0.15) is 0 Å². The summed E-state index contributed by atoms with van der Waals surface area (Å²) >= 11 is 0. The number of hydrogen-bond donors (Lipinski definition) is 0. The van der Waals surface area contributed by atoms with Crippen molar-refractivity contribution in [1.82, 2.24) is 0 Å². The van der Waals surface area contributed by atoms with Crippen LogP contribution in [0.25, 0.3) is 0 Å². The van der Waals surface area contributed by atoms with Crippen molar-refractivity contribution in [2.75, 3.05) is 0 Å². The molecule has 1 heterocycles. The first-order chi connectivity index (χ1) is 5.68. The molecule has 0 spiro atoms. The number of carbonyl (C=O) groups excluding carboxylic acids is 2. The number of ketones is 2. The molecule has 1 aromatic heterocycles. The monoisotopic (exact) mass is 166 g/mol. The molecule has 0 saturated heterocycles. The van der Waals surface area contributed by atoms with Crippen molar-refractivity contribution in [3.63, 3.8) is 0 Å². The molecular weight excluding hydrogens is 164 g/mol. The maximum absolute atomic E-state index is 10.9. The molecule has 0 amide bonds. The van der Waals surface area contributed by atoms with Gasteiger partial charge in [-0.05, 0) is 12.2 Å². The minimum absolute atomic E-state index is 0.312. The number of hydrogen-bond acceptors (Lipinski definition) is 5. The van der Waals surface area contributed by atoms with Crippen LogP contribution in [-0.4, -0.2) is 11.6 Å². The summed E-state index contributed by atoms with van der Waals surface area (Å²) in [6.45, 7) is 0. The minimum atomic E-state index is -1.04. The molecule has 12 heavy (non-hydrogen) atoms. The van der Waals surface area contributed by atoms with Gasteiger partial charge in [-0.25, -0.2) is 4.79 Å². The molecule has 60 valence electrons. The quantitative estimate of drug-likeness (QED) is 0.548. The van der Waals surface area contributed by atoms with Gasteiger partial charge in [0.25, 0.3) is 0 Å². The van der Waals surface area contributed by atoms with Gasteiger partial charge in [-0.1, -0.05) is 0 Å². The molecule has 0 N–H and O–H groups in total. The van der Waals surface area contributed by atoms with Crippen molar-refractivity contribution in [3.05, 3.63) is 34.3 Å². The fraction of sp³-hybridized carbons (Fsp3) is 0. The molecule has 0 aliphatic heterocycles. The van der Waals surface area contributed by atoms with Crippen molar-refractivity contribution < 1.29 is 18.4 Å². The molecule has 0 aromatic carbocycles. The van der Waals surface area contributed by atoms with Gasteiger partial charge in [0.05, 0.1) is 0 Å². The van der Waals surface area contributed by atoms with E-state index in [0.29, 0.717) is 0 Å². The van der Waals surface area contributed by atoms with Crippen molar-refractivity contribution in [1.29, 1.82) is 0 Å². The zero-order chi connectivity index (χ0) is 8.72. The average Bonchev–Trinajstić information content (AvgIpc) is 2.41.